The van der Waals surface area contributed by atoms with Gasteiger partial charge >= 0.3 is 0 Å². The fourth-order valence-corrected chi connectivity index (χ4v) is 4.11. The van der Waals surface area contributed by atoms with Crippen LogP contribution in [0.5, 0.6) is 0 Å². The molecule has 0 aliphatic heterocycles. The van der Waals surface area contributed by atoms with Gasteiger partial charge in [0, 0.05) is 18.2 Å². The van der Waals surface area contributed by atoms with Crippen LogP contribution in [0.4, 0.5) is 5.82 Å². The number of nitrogens with zero attached hydrogens (tertiary/aromatic N) is 2. The largest absolute Gasteiger partial charge is 0.307 e. The molecule has 2 N–H and O–H groups in total. The zero-order valence-corrected chi connectivity index (χ0v) is 16.6. The molecule has 2 aromatic carbocycles. The monoisotopic (exact) mass is 410 g/mol. The summed E-state index contributed by atoms with van der Waals surface area (Å²) in [6.45, 7) is 0.959. The van der Waals surface area contributed by atoms with Crippen molar-refractivity contribution < 1.29 is 13.2 Å². The van der Waals surface area contributed by atoms with E-state index in [9.17, 15) is 13.2 Å². The van der Waals surface area contributed by atoms with Crippen molar-refractivity contribution in [3.63, 3.8) is 0 Å². The number of anilines is 1. The van der Waals surface area contributed by atoms with E-state index in [1.165, 1.54) is 12.1 Å². The second-order valence-electron chi connectivity index (χ2n) is 7.14. The van der Waals surface area contributed by atoms with Crippen molar-refractivity contribution in [1.29, 1.82) is 0 Å². The van der Waals surface area contributed by atoms with E-state index in [-0.39, 0.29) is 16.4 Å². The third-order valence-corrected chi connectivity index (χ3v) is 6.22. The van der Waals surface area contributed by atoms with Crippen molar-refractivity contribution >= 4 is 21.7 Å². The van der Waals surface area contributed by atoms with Crippen molar-refractivity contribution in [1.82, 2.24) is 14.5 Å². The van der Waals surface area contributed by atoms with Gasteiger partial charge in [0.1, 0.15) is 5.82 Å². The zero-order chi connectivity index (χ0) is 20.3. The highest BCUT2D eigenvalue weighted by molar-refractivity contribution is 7.89. The molecular formula is C21H22N4O3S. The molecule has 29 heavy (non-hydrogen) atoms. The zero-order valence-electron chi connectivity index (χ0n) is 15.8. The van der Waals surface area contributed by atoms with Crippen LogP contribution in [0.25, 0.3) is 0 Å². The molecule has 1 saturated carbocycles. The number of amides is 1. The molecule has 150 valence electrons. The van der Waals surface area contributed by atoms with Gasteiger partial charge in [-0.25, -0.2) is 17.8 Å². The van der Waals surface area contributed by atoms with E-state index in [1.54, 1.807) is 29.1 Å². The Morgan fingerprint density at radius 1 is 1.07 bits per heavy atom. The Hall–Kier alpha value is -2.97. The first-order chi connectivity index (χ1) is 14.0. The molecule has 0 spiro atoms. The molecule has 8 heteroatoms. The first-order valence-corrected chi connectivity index (χ1v) is 11.0. The molecule has 3 aromatic rings. The van der Waals surface area contributed by atoms with Crippen LogP contribution >= 0.6 is 0 Å². The second-order valence-corrected chi connectivity index (χ2v) is 8.90. The van der Waals surface area contributed by atoms with Crippen molar-refractivity contribution in [3.8, 4) is 0 Å². The lowest BCUT2D eigenvalue weighted by Gasteiger charge is -2.10. The molecule has 0 bridgehead atoms. The van der Waals surface area contributed by atoms with E-state index in [0.717, 1.165) is 18.4 Å². The number of nitrogens with one attached hydrogen (secondary N) is 2. The number of aromatic nitrogens is 2. The maximum atomic E-state index is 12.7. The summed E-state index contributed by atoms with van der Waals surface area (Å²) in [5.41, 5.74) is 1.33. The van der Waals surface area contributed by atoms with Crippen LogP contribution in [0.15, 0.2) is 71.8 Å². The summed E-state index contributed by atoms with van der Waals surface area (Å²) in [4.78, 5) is 12.8. The normalized spacial score (nSPS) is 13.9. The summed E-state index contributed by atoms with van der Waals surface area (Å²) in [6.07, 6.45) is 3.73. The average Bonchev–Trinajstić information content (AvgIpc) is 3.48. The maximum absolute atomic E-state index is 12.7. The third-order valence-electron chi connectivity index (χ3n) is 4.80. The third kappa shape index (κ3) is 4.90. The summed E-state index contributed by atoms with van der Waals surface area (Å²) < 4.78 is 29.2. The van der Waals surface area contributed by atoms with Gasteiger partial charge in [0.15, 0.2) is 0 Å². The number of carbonyl (C=O) groups is 1. The molecule has 1 amide bonds. The molecule has 7 nitrogen and oxygen atoms in total. The molecule has 1 fully saturated rings. The predicted octanol–water partition coefficient (Wildman–Crippen LogP) is 2.87. The molecule has 4 rings (SSSR count). The lowest BCUT2D eigenvalue weighted by molar-refractivity contribution is 0.102. The molecule has 1 aliphatic rings. The Labute approximate surface area is 169 Å². The molecule has 0 unspecified atom stereocenters. The van der Waals surface area contributed by atoms with E-state index in [1.807, 2.05) is 30.3 Å². The Morgan fingerprint density at radius 3 is 2.62 bits per heavy atom. The molecule has 1 heterocycles. The summed E-state index contributed by atoms with van der Waals surface area (Å²) in [7, 11) is -3.63. The molecule has 1 aliphatic carbocycles. The highest BCUT2D eigenvalue weighted by Crippen LogP contribution is 2.28. The lowest BCUT2D eigenvalue weighted by atomic mass is 10.2. The van der Waals surface area contributed by atoms with E-state index in [4.69, 9.17) is 0 Å². The van der Waals surface area contributed by atoms with Crippen molar-refractivity contribution in [2.24, 2.45) is 5.92 Å². The van der Waals surface area contributed by atoms with Crippen LogP contribution in [0.1, 0.15) is 28.8 Å². The van der Waals surface area contributed by atoms with Crippen LogP contribution in [0.3, 0.4) is 0 Å². The molecule has 0 atom stereocenters. The van der Waals surface area contributed by atoms with E-state index in [2.05, 4.69) is 15.1 Å². The molecular weight excluding hydrogens is 388 g/mol. The number of benzene rings is 2. The summed E-state index contributed by atoms with van der Waals surface area (Å²) in [5, 5.41) is 7.07. The first-order valence-electron chi connectivity index (χ1n) is 9.48. The number of hydrogen-bond donors (Lipinski definition) is 2. The molecule has 0 saturated heterocycles. The van der Waals surface area contributed by atoms with Gasteiger partial charge < -0.3 is 5.32 Å². The standard InChI is InChI=1S/C21H22N4O3S/c26-21(24-20-11-12-22-25(20)15-17-5-2-1-3-6-17)18-7-4-8-19(13-18)29(27,28)23-14-16-9-10-16/h1-8,11-13,16,23H,9-10,14-15H2,(H,24,26). The summed E-state index contributed by atoms with van der Waals surface area (Å²) >= 11 is 0. The minimum atomic E-state index is -3.63. The lowest BCUT2D eigenvalue weighted by Crippen LogP contribution is -2.26. The van der Waals surface area contributed by atoms with Crippen molar-refractivity contribution in [2.45, 2.75) is 24.3 Å². The summed E-state index contributed by atoms with van der Waals surface area (Å²) in [5.74, 6) is 0.583. The van der Waals surface area contributed by atoms with Crippen molar-refractivity contribution in [2.75, 3.05) is 11.9 Å². The SMILES string of the molecule is O=C(Nc1ccnn1Cc1ccccc1)c1cccc(S(=O)(=O)NCC2CC2)c1. The minimum Gasteiger partial charge on any atom is -0.307 e. The number of carbonyl (C=O) groups excluding carboxylic acids is 1. The van der Waals surface area contributed by atoms with Gasteiger partial charge in [0.25, 0.3) is 5.91 Å². The second kappa shape index (κ2) is 8.18. The Bertz CT molecular complexity index is 1110. The highest BCUT2D eigenvalue weighted by Gasteiger charge is 2.24. The highest BCUT2D eigenvalue weighted by atomic mass is 32.2. The van der Waals surface area contributed by atoms with E-state index >= 15 is 0 Å². The van der Waals surface area contributed by atoms with E-state index < -0.39 is 10.0 Å². The summed E-state index contributed by atoms with van der Waals surface area (Å²) in [6, 6.07) is 17.5. The topological polar surface area (TPSA) is 93.1 Å². The number of sulfonamides is 1. The smallest absolute Gasteiger partial charge is 0.256 e. The maximum Gasteiger partial charge on any atom is 0.256 e. The Kier molecular flexibility index (Phi) is 5.46. The fraction of sp³-hybridized carbons (Fsp3) is 0.238. The number of rotatable bonds is 8. The van der Waals surface area contributed by atoms with Crippen LogP contribution in [-0.4, -0.2) is 30.7 Å². The van der Waals surface area contributed by atoms with Gasteiger partial charge in [0.2, 0.25) is 10.0 Å². The van der Waals surface area contributed by atoms with Gasteiger partial charge in [0.05, 0.1) is 17.6 Å². The van der Waals surface area contributed by atoms with Gasteiger partial charge in [-0.2, -0.15) is 5.10 Å². The van der Waals surface area contributed by atoms with Gasteiger partial charge in [-0.05, 0) is 42.5 Å². The van der Waals surface area contributed by atoms with Crippen LogP contribution in [0.2, 0.25) is 0 Å². The van der Waals surface area contributed by atoms with Crippen molar-refractivity contribution in [3.05, 3.63) is 78.0 Å². The fourth-order valence-electron chi connectivity index (χ4n) is 2.95. The predicted molar refractivity (Wildman–Crippen MR) is 110 cm³/mol. The quantitative estimate of drug-likeness (QED) is 0.597. The van der Waals surface area contributed by atoms with Gasteiger partial charge in [-0.3, -0.25) is 4.79 Å². The molecule has 0 radical (unpaired) electrons. The Balaban J connectivity index is 1.47. The Morgan fingerprint density at radius 2 is 1.86 bits per heavy atom. The first kappa shape index (κ1) is 19.4. The van der Waals surface area contributed by atoms with Crippen LogP contribution in [-0.2, 0) is 16.6 Å². The van der Waals surface area contributed by atoms with Gasteiger partial charge in [-0.1, -0.05) is 36.4 Å². The molecule has 1 aromatic heterocycles. The van der Waals surface area contributed by atoms with Gasteiger partial charge in [-0.15, -0.1) is 0 Å². The van der Waals surface area contributed by atoms with Crippen LogP contribution in [0, 0.1) is 5.92 Å². The van der Waals surface area contributed by atoms with Crippen LogP contribution < -0.4 is 10.0 Å². The number of hydrogen-bond acceptors (Lipinski definition) is 4. The minimum absolute atomic E-state index is 0.0867. The average molecular weight is 410 g/mol. The van der Waals surface area contributed by atoms with E-state index in [0.29, 0.717) is 24.8 Å².